The van der Waals surface area contributed by atoms with Gasteiger partial charge in [-0.05, 0) is 23.3 Å². The highest BCUT2D eigenvalue weighted by Gasteiger charge is 2.50. The zero-order valence-electron chi connectivity index (χ0n) is 16.3. The number of benzene rings is 2. The van der Waals surface area contributed by atoms with Gasteiger partial charge in [0.15, 0.2) is 12.2 Å². The van der Waals surface area contributed by atoms with Gasteiger partial charge in [0.1, 0.15) is 12.2 Å². The Balaban J connectivity index is 1.28. The normalized spacial score (nSPS) is 25.5. The molecule has 0 radical (unpaired) electrons. The van der Waals surface area contributed by atoms with Crippen LogP contribution in [0.5, 0.6) is 0 Å². The molecule has 0 spiro atoms. The highest BCUT2D eigenvalue weighted by atomic mass is 16.7. The Kier molecular flexibility index (Phi) is 6.37. The molecule has 0 aliphatic carbocycles. The predicted octanol–water partition coefficient (Wildman–Crippen LogP) is 3.03. The molecule has 0 amide bonds. The molecule has 2 fully saturated rings. The molecule has 2 aromatic carbocycles. The maximum atomic E-state index is 12.1. The SMILES string of the molecule is O=C(/C=C\c1ccccc1)O[C@@H]1CO[C@H]2[C@@H]1OC[C@@H]2OC(=O)/C=C/c1ccccc1. The molecule has 0 bridgehead atoms. The van der Waals surface area contributed by atoms with E-state index in [1.807, 2.05) is 60.7 Å². The van der Waals surface area contributed by atoms with Crippen LogP contribution < -0.4 is 0 Å². The van der Waals surface area contributed by atoms with E-state index in [-0.39, 0.29) is 13.2 Å². The zero-order chi connectivity index (χ0) is 20.8. The van der Waals surface area contributed by atoms with E-state index in [1.165, 1.54) is 12.2 Å². The molecule has 6 nitrogen and oxygen atoms in total. The molecule has 0 aromatic heterocycles. The second kappa shape index (κ2) is 9.52. The van der Waals surface area contributed by atoms with Gasteiger partial charge in [0.25, 0.3) is 0 Å². The van der Waals surface area contributed by atoms with Gasteiger partial charge >= 0.3 is 11.9 Å². The highest BCUT2D eigenvalue weighted by molar-refractivity contribution is 5.87. The lowest BCUT2D eigenvalue weighted by Crippen LogP contribution is -2.35. The first-order valence-electron chi connectivity index (χ1n) is 9.80. The molecule has 0 N–H and O–H groups in total. The van der Waals surface area contributed by atoms with E-state index >= 15 is 0 Å². The summed E-state index contributed by atoms with van der Waals surface area (Å²) >= 11 is 0. The van der Waals surface area contributed by atoms with Crippen molar-refractivity contribution in [1.29, 1.82) is 0 Å². The Hall–Kier alpha value is -3.22. The molecule has 4 atom stereocenters. The van der Waals surface area contributed by atoms with Crippen LogP contribution in [0.1, 0.15) is 11.1 Å². The standard InChI is InChI=1S/C24H22O6/c25-21(13-11-17-7-3-1-4-8-17)29-19-15-27-24-20(16-28-23(19)24)30-22(26)14-12-18-9-5-2-6-10-18/h1-14,19-20,23-24H,15-16H2/b13-11-,14-12+/t19-,20+,23-,24-/m1/s1. The van der Waals surface area contributed by atoms with E-state index in [4.69, 9.17) is 18.9 Å². The molecule has 6 heteroatoms. The average molecular weight is 406 g/mol. The summed E-state index contributed by atoms with van der Waals surface area (Å²) < 4.78 is 22.4. The van der Waals surface area contributed by atoms with Crippen LogP contribution in [0.4, 0.5) is 0 Å². The van der Waals surface area contributed by atoms with Gasteiger partial charge in [-0.3, -0.25) is 0 Å². The summed E-state index contributed by atoms with van der Waals surface area (Å²) in [6.07, 6.45) is 4.17. The van der Waals surface area contributed by atoms with Crippen molar-refractivity contribution in [2.75, 3.05) is 13.2 Å². The summed E-state index contributed by atoms with van der Waals surface area (Å²) in [6.45, 7) is 0.405. The molecular weight excluding hydrogens is 384 g/mol. The second-order valence-electron chi connectivity index (χ2n) is 7.03. The van der Waals surface area contributed by atoms with Crippen LogP contribution in [0.2, 0.25) is 0 Å². The molecule has 2 saturated heterocycles. The number of fused-ring (bicyclic) bond motifs is 1. The zero-order valence-corrected chi connectivity index (χ0v) is 16.3. The van der Waals surface area contributed by atoms with Gasteiger partial charge in [0.05, 0.1) is 13.2 Å². The highest BCUT2D eigenvalue weighted by Crippen LogP contribution is 2.30. The summed E-state index contributed by atoms with van der Waals surface area (Å²) in [5.74, 6) is -0.939. The van der Waals surface area contributed by atoms with E-state index in [0.717, 1.165) is 11.1 Å². The van der Waals surface area contributed by atoms with Gasteiger partial charge in [0, 0.05) is 12.2 Å². The average Bonchev–Trinajstić information content (AvgIpc) is 3.36. The summed E-state index contributed by atoms with van der Waals surface area (Å²) in [5.41, 5.74) is 1.81. The van der Waals surface area contributed by atoms with Gasteiger partial charge in [-0.25, -0.2) is 9.59 Å². The van der Waals surface area contributed by atoms with Gasteiger partial charge in [-0.1, -0.05) is 60.7 Å². The summed E-state index contributed by atoms with van der Waals surface area (Å²) in [6, 6.07) is 19.0. The smallest absolute Gasteiger partial charge is 0.331 e. The quantitative estimate of drug-likeness (QED) is 0.543. The van der Waals surface area contributed by atoms with Crippen molar-refractivity contribution >= 4 is 24.1 Å². The van der Waals surface area contributed by atoms with E-state index in [1.54, 1.807) is 12.2 Å². The Morgan fingerprint density at radius 1 is 0.700 bits per heavy atom. The number of ether oxygens (including phenoxy) is 4. The first-order valence-corrected chi connectivity index (χ1v) is 9.80. The second-order valence-corrected chi connectivity index (χ2v) is 7.03. The Bertz CT molecular complexity index is 844. The van der Waals surface area contributed by atoms with E-state index in [9.17, 15) is 9.59 Å². The Morgan fingerprint density at radius 2 is 1.10 bits per heavy atom. The van der Waals surface area contributed by atoms with E-state index in [2.05, 4.69) is 0 Å². The van der Waals surface area contributed by atoms with Crippen LogP contribution in [-0.2, 0) is 28.5 Å². The van der Waals surface area contributed by atoms with Crippen molar-refractivity contribution in [2.45, 2.75) is 24.4 Å². The molecular formula is C24H22O6. The van der Waals surface area contributed by atoms with Gasteiger partial charge < -0.3 is 18.9 Å². The lowest BCUT2D eigenvalue weighted by molar-refractivity contribution is -0.149. The summed E-state index contributed by atoms with van der Waals surface area (Å²) in [7, 11) is 0. The molecule has 2 aliphatic heterocycles. The lowest BCUT2D eigenvalue weighted by atomic mass is 10.1. The maximum absolute atomic E-state index is 12.1. The van der Waals surface area contributed by atoms with Crippen molar-refractivity contribution in [3.05, 3.63) is 83.9 Å². The minimum atomic E-state index is -0.536. The van der Waals surface area contributed by atoms with Crippen molar-refractivity contribution in [3.63, 3.8) is 0 Å². The van der Waals surface area contributed by atoms with E-state index < -0.39 is 36.4 Å². The number of carbonyl (C=O) groups is 2. The Morgan fingerprint density at radius 3 is 1.50 bits per heavy atom. The van der Waals surface area contributed by atoms with Crippen LogP contribution >= 0.6 is 0 Å². The summed E-state index contributed by atoms with van der Waals surface area (Å²) in [4.78, 5) is 24.3. The monoisotopic (exact) mass is 406 g/mol. The van der Waals surface area contributed by atoms with Gasteiger partial charge in [0.2, 0.25) is 0 Å². The fraction of sp³-hybridized carbons (Fsp3) is 0.250. The van der Waals surface area contributed by atoms with Crippen LogP contribution in [0.25, 0.3) is 12.2 Å². The number of hydrogen-bond acceptors (Lipinski definition) is 6. The third-order valence-electron chi connectivity index (χ3n) is 4.92. The third kappa shape index (κ3) is 5.03. The molecule has 2 heterocycles. The third-order valence-corrected chi connectivity index (χ3v) is 4.92. The number of rotatable bonds is 6. The molecule has 30 heavy (non-hydrogen) atoms. The molecule has 0 saturated carbocycles. The number of carbonyl (C=O) groups excluding carboxylic acids is 2. The molecule has 2 aromatic rings. The van der Waals surface area contributed by atoms with Crippen molar-refractivity contribution in [3.8, 4) is 0 Å². The van der Waals surface area contributed by atoms with Gasteiger partial charge in [-0.2, -0.15) is 0 Å². The molecule has 0 unspecified atom stereocenters. The van der Waals surface area contributed by atoms with Crippen LogP contribution in [0.15, 0.2) is 72.8 Å². The lowest BCUT2D eigenvalue weighted by Gasteiger charge is -2.16. The maximum Gasteiger partial charge on any atom is 0.331 e. The summed E-state index contributed by atoms with van der Waals surface area (Å²) in [5, 5.41) is 0. The predicted molar refractivity (Wildman–Crippen MR) is 110 cm³/mol. The topological polar surface area (TPSA) is 71.1 Å². The number of esters is 2. The fourth-order valence-electron chi connectivity index (χ4n) is 3.46. The number of hydrogen-bond donors (Lipinski definition) is 0. The fourth-order valence-corrected chi connectivity index (χ4v) is 3.46. The van der Waals surface area contributed by atoms with Gasteiger partial charge in [-0.15, -0.1) is 0 Å². The van der Waals surface area contributed by atoms with Crippen molar-refractivity contribution in [1.82, 2.24) is 0 Å². The van der Waals surface area contributed by atoms with Crippen LogP contribution in [-0.4, -0.2) is 49.6 Å². The molecule has 4 rings (SSSR count). The largest absolute Gasteiger partial charge is 0.454 e. The van der Waals surface area contributed by atoms with Crippen molar-refractivity contribution in [2.24, 2.45) is 0 Å². The molecule has 154 valence electrons. The Labute approximate surface area is 174 Å². The minimum Gasteiger partial charge on any atom is -0.454 e. The van der Waals surface area contributed by atoms with Crippen LogP contribution in [0.3, 0.4) is 0 Å². The van der Waals surface area contributed by atoms with E-state index in [0.29, 0.717) is 0 Å². The minimum absolute atomic E-state index is 0.203. The first-order chi connectivity index (χ1) is 14.7. The van der Waals surface area contributed by atoms with Crippen LogP contribution in [0, 0.1) is 0 Å². The first kappa shape index (κ1) is 20.1. The molecule has 2 aliphatic rings. The van der Waals surface area contributed by atoms with Crippen molar-refractivity contribution < 1.29 is 28.5 Å².